The molecule has 0 radical (unpaired) electrons. The minimum absolute atomic E-state index is 0.0365. The fourth-order valence-electron chi connectivity index (χ4n) is 2.04. The lowest BCUT2D eigenvalue weighted by Gasteiger charge is -2.33. The van der Waals surface area contributed by atoms with Crippen LogP contribution in [0.25, 0.3) is 0 Å². The quantitative estimate of drug-likeness (QED) is 0.885. The van der Waals surface area contributed by atoms with Gasteiger partial charge in [-0.15, -0.1) is 0 Å². The highest BCUT2D eigenvalue weighted by atomic mass is 35.5. The molecule has 1 aliphatic rings. The van der Waals surface area contributed by atoms with Crippen LogP contribution in [0, 0.1) is 0 Å². The molecule has 1 unspecified atom stereocenters. The first kappa shape index (κ1) is 15.5. The molecule has 1 aliphatic heterocycles. The van der Waals surface area contributed by atoms with Crippen LogP contribution in [-0.2, 0) is 9.53 Å². The summed E-state index contributed by atoms with van der Waals surface area (Å²) < 4.78 is 5.27. The highest BCUT2D eigenvalue weighted by Gasteiger charge is 2.24. The van der Waals surface area contributed by atoms with E-state index in [9.17, 15) is 9.90 Å². The third kappa shape index (κ3) is 3.84. The van der Waals surface area contributed by atoms with Gasteiger partial charge in [0.1, 0.15) is 0 Å². The predicted molar refractivity (Wildman–Crippen MR) is 78.4 cm³/mol. The van der Waals surface area contributed by atoms with Crippen LogP contribution >= 0.6 is 23.2 Å². The van der Waals surface area contributed by atoms with Gasteiger partial charge in [0.15, 0.2) is 0 Å². The van der Waals surface area contributed by atoms with Crippen molar-refractivity contribution in [2.75, 3.05) is 38.2 Å². The smallest absolute Gasteiger partial charge is 0.238 e. The van der Waals surface area contributed by atoms with E-state index < -0.39 is 0 Å². The standard InChI is InChI=1S/C13H16Cl2N2O3/c14-10-2-1-3-11(13(10)15)16-12(19)6-17-4-5-20-8-9(17)7-18/h1-3,9,18H,4-8H2,(H,16,19). The Labute approximate surface area is 127 Å². The van der Waals surface area contributed by atoms with Gasteiger partial charge in [-0.25, -0.2) is 0 Å². The molecular formula is C13H16Cl2N2O3. The molecule has 2 N–H and O–H groups in total. The lowest BCUT2D eigenvalue weighted by molar-refractivity contribution is -0.120. The Morgan fingerprint density at radius 2 is 2.30 bits per heavy atom. The van der Waals surface area contributed by atoms with Crippen molar-refractivity contribution in [1.29, 1.82) is 0 Å². The maximum Gasteiger partial charge on any atom is 0.238 e. The number of carbonyl (C=O) groups excluding carboxylic acids is 1. The van der Waals surface area contributed by atoms with E-state index in [0.717, 1.165) is 0 Å². The number of rotatable bonds is 4. The van der Waals surface area contributed by atoms with Gasteiger partial charge >= 0.3 is 0 Å². The molecule has 7 heteroatoms. The van der Waals surface area contributed by atoms with Gasteiger partial charge in [-0.2, -0.15) is 0 Å². The van der Waals surface area contributed by atoms with Crippen LogP contribution in [0.4, 0.5) is 5.69 Å². The maximum absolute atomic E-state index is 12.0. The Bertz CT molecular complexity index is 485. The van der Waals surface area contributed by atoms with Crippen molar-refractivity contribution in [3.05, 3.63) is 28.2 Å². The number of benzene rings is 1. The number of hydrogen-bond acceptors (Lipinski definition) is 4. The maximum atomic E-state index is 12.0. The summed E-state index contributed by atoms with van der Waals surface area (Å²) in [4.78, 5) is 13.9. The van der Waals surface area contributed by atoms with Gasteiger partial charge in [-0.05, 0) is 12.1 Å². The summed E-state index contributed by atoms with van der Waals surface area (Å²) in [6, 6.07) is 4.91. The van der Waals surface area contributed by atoms with E-state index in [2.05, 4.69) is 5.32 Å². The Morgan fingerprint density at radius 1 is 1.50 bits per heavy atom. The lowest BCUT2D eigenvalue weighted by Crippen LogP contribution is -2.50. The van der Waals surface area contributed by atoms with E-state index in [-0.39, 0.29) is 25.1 Å². The van der Waals surface area contributed by atoms with Crippen molar-refractivity contribution >= 4 is 34.8 Å². The van der Waals surface area contributed by atoms with Gasteiger partial charge in [0, 0.05) is 6.54 Å². The zero-order valence-corrected chi connectivity index (χ0v) is 12.3. The van der Waals surface area contributed by atoms with E-state index >= 15 is 0 Å². The van der Waals surface area contributed by atoms with E-state index in [1.54, 1.807) is 18.2 Å². The highest BCUT2D eigenvalue weighted by Crippen LogP contribution is 2.29. The second-order valence-electron chi connectivity index (χ2n) is 4.53. The third-order valence-electron chi connectivity index (χ3n) is 3.13. The highest BCUT2D eigenvalue weighted by molar-refractivity contribution is 6.43. The average molecular weight is 319 g/mol. The number of carbonyl (C=O) groups is 1. The summed E-state index contributed by atoms with van der Waals surface area (Å²) in [5, 5.41) is 12.7. The number of morpholine rings is 1. The zero-order valence-electron chi connectivity index (χ0n) is 10.8. The molecule has 1 aromatic carbocycles. The first-order valence-corrected chi connectivity index (χ1v) is 7.04. The molecule has 2 rings (SSSR count). The van der Waals surface area contributed by atoms with E-state index in [1.165, 1.54) is 0 Å². The largest absolute Gasteiger partial charge is 0.395 e. The number of aliphatic hydroxyl groups is 1. The number of anilines is 1. The minimum Gasteiger partial charge on any atom is -0.395 e. The van der Waals surface area contributed by atoms with Crippen LogP contribution in [0.15, 0.2) is 18.2 Å². The molecule has 0 bridgehead atoms. The molecular weight excluding hydrogens is 303 g/mol. The molecule has 0 spiro atoms. The molecule has 0 aromatic heterocycles. The summed E-state index contributed by atoms with van der Waals surface area (Å²) in [6.45, 7) is 1.74. The minimum atomic E-state index is -0.200. The van der Waals surface area contributed by atoms with Crippen LogP contribution in [0.1, 0.15) is 0 Å². The van der Waals surface area contributed by atoms with Crippen molar-refractivity contribution in [3.63, 3.8) is 0 Å². The van der Waals surface area contributed by atoms with Crippen molar-refractivity contribution in [3.8, 4) is 0 Å². The van der Waals surface area contributed by atoms with Crippen molar-refractivity contribution in [2.45, 2.75) is 6.04 Å². The van der Waals surface area contributed by atoms with E-state index in [0.29, 0.717) is 35.5 Å². The third-order valence-corrected chi connectivity index (χ3v) is 3.95. The molecule has 0 saturated carbocycles. The molecule has 1 heterocycles. The number of ether oxygens (including phenoxy) is 1. The van der Waals surface area contributed by atoms with Crippen molar-refractivity contribution in [1.82, 2.24) is 4.90 Å². The van der Waals surface area contributed by atoms with Gasteiger partial charge in [0.05, 0.1) is 48.1 Å². The Kier molecular flexibility index (Phi) is 5.63. The van der Waals surface area contributed by atoms with Gasteiger partial charge in [0.2, 0.25) is 5.91 Å². The molecule has 20 heavy (non-hydrogen) atoms. The number of aliphatic hydroxyl groups excluding tert-OH is 1. The number of amides is 1. The van der Waals surface area contributed by atoms with E-state index in [4.69, 9.17) is 27.9 Å². The average Bonchev–Trinajstić information content (AvgIpc) is 2.44. The van der Waals surface area contributed by atoms with Crippen LogP contribution in [0.3, 0.4) is 0 Å². The summed E-state index contributed by atoms with van der Waals surface area (Å²) >= 11 is 11.9. The number of nitrogens with one attached hydrogen (secondary N) is 1. The molecule has 1 amide bonds. The SMILES string of the molecule is O=C(CN1CCOCC1CO)Nc1cccc(Cl)c1Cl. The molecule has 1 atom stereocenters. The Morgan fingerprint density at radius 3 is 3.05 bits per heavy atom. The summed E-state index contributed by atoms with van der Waals surface area (Å²) in [5.41, 5.74) is 0.484. The molecule has 0 aliphatic carbocycles. The predicted octanol–water partition coefficient (Wildman–Crippen LogP) is 1.62. The fraction of sp³-hybridized carbons (Fsp3) is 0.462. The molecule has 1 fully saturated rings. The molecule has 110 valence electrons. The summed E-state index contributed by atoms with van der Waals surface area (Å²) in [5.74, 6) is -0.200. The van der Waals surface area contributed by atoms with Crippen LogP contribution in [-0.4, -0.2) is 54.9 Å². The van der Waals surface area contributed by atoms with Gasteiger partial charge in [0.25, 0.3) is 0 Å². The molecule has 1 aromatic rings. The second kappa shape index (κ2) is 7.24. The summed E-state index contributed by atoms with van der Waals surface area (Å²) in [6.07, 6.45) is 0. The number of nitrogens with zero attached hydrogens (tertiary/aromatic N) is 1. The van der Waals surface area contributed by atoms with Gasteiger partial charge in [-0.3, -0.25) is 9.69 Å². The molecule has 5 nitrogen and oxygen atoms in total. The Hall–Kier alpha value is -0.850. The second-order valence-corrected chi connectivity index (χ2v) is 5.32. The normalized spacial score (nSPS) is 19.9. The fourth-order valence-corrected chi connectivity index (χ4v) is 2.39. The first-order valence-electron chi connectivity index (χ1n) is 6.28. The Balaban J connectivity index is 1.96. The van der Waals surface area contributed by atoms with Crippen LogP contribution < -0.4 is 5.32 Å². The van der Waals surface area contributed by atoms with Gasteiger partial charge in [-0.1, -0.05) is 29.3 Å². The number of hydrogen-bond donors (Lipinski definition) is 2. The lowest BCUT2D eigenvalue weighted by atomic mass is 10.2. The topological polar surface area (TPSA) is 61.8 Å². The first-order chi connectivity index (χ1) is 9.61. The van der Waals surface area contributed by atoms with Crippen LogP contribution in [0.2, 0.25) is 10.0 Å². The van der Waals surface area contributed by atoms with E-state index in [1.807, 2.05) is 4.90 Å². The zero-order chi connectivity index (χ0) is 14.5. The van der Waals surface area contributed by atoms with Crippen LogP contribution in [0.5, 0.6) is 0 Å². The summed E-state index contributed by atoms with van der Waals surface area (Å²) in [7, 11) is 0. The monoisotopic (exact) mass is 318 g/mol. The number of halogens is 2. The van der Waals surface area contributed by atoms with Crippen molar-refractivity contribution in [2.24, 2.45) is 0 Å². The van der Waals surface area contributed by atoms with Gasteiger partial charge < -0.3 is 15.2 Å². The molecule has 1 saturated heterocycles. The van der Waals surface area contributed by atoms with Crippen molar-refractivity contribution < 1.29 is 14.6 Å².